The second-order valence-electron chi connectivity index (χ2n) is 4.87. The van der Waals surface area contributed by atoms with E-state index in [1.165, 1.54) is 0 Å². The van der Waals surface area contributed by atoms with Gasteiger partial charge in [0.25, 0.3) is 0 Å². The molecule has 0 saturated heterocycles. The molecule has 0 unspecified atom stereocenters. The molecular weight excluding hydrogens is 320 g/mol. The van der Waals surface area contributed by atoms with Crippen LogP contribution in [0.2, 0.25) is 0 Å². The molecule has 0 aliphatic rings. The van der Waals surface area contributed by atoms with Gasteiger partial charge in [-0.05, 0) is 36.1 Å². The van der Waals surface area contributed by atoms with E-state index in [9.17, 15) is 15.0 Å². The minimum atomic E-state index is -0.318. The van der Waals surface area contributed by atoms with Gasteiger partial charge in [0.1, 0.15) is 0 Å². The minimum absolute atomic E-state index is 0.131. The van der Waals surface area contributed by atoms with E-state index in [1.807, 2.05) is 6.07 Å². The Balaban J connectivity index is 2.43. The summed E-state index contributed by atoms with van der Waals surface area (Å²) in [5.41, 5.74) is 0.198. The molecule has 2 aromatic carbocycles. The Morgan fingerprint density at radius 2 is 1.90 bits per heavy atom. The second-order valence-corrected chi connectivity index (χ2v) is 5.78. The third-order valence-electron chi connectivity index (χ3n) is 3.36. The number of rotatable bonds is 5. The van der Waals surface area contributed by atoms with Crippen LogP contribution in [0.15, 0.2) is 28.7 Å². The van der Waals surface area contributed by atoms with Crippen molar-refractivity contribution in [1.29, 1.82) is 0 Å². The van der Waals surface area contributed by atoms with Crippen LogP contribution < -0.4 is 0 Å². The quantitative estimate of drug-likeness (QED) is 0.469. The number of phenols is 2. The Morgan fingerprint density at radius 1 is 1.15 bits per heavy atom. The first-order valence-electron chi connectivity index (χ1n) is 6.72. The summed E-state index contributed by atoms with van der Waals surface area (Å²) in [6.45, 7) is 2.07. The largest absolute Gasteiger partial charge is 0.504 e. The fraction of sp³-hybridized carbons (Fsp3) is 0.312. The molecule has 0 spiro atoms. The number of fused-ring (bicyclic) bond motifs is 1. The Morgan fingerprint density at radius 3 is 2.60 bits per heavy atom. The van der Waals surface area contributed by atoms with E-state index in [4.69, 9.17) is 0 Å². The van der Waals surface area contributed by atoms with Gasteiger partial charge in [0, 0.05) is 16.3 Å². The van der Waals surface area contributed by atoms with Gasteiger partial charge < -0.3 is 10.2 Å². The Labute approximate surface area is 126 Å². The molecule has 4 heteroatoms. The lowest BCUT2D eigenvalue weighted by Gasteiger charge is -2.09. The summed E-state index contributed by atoms with van der Waals surface area (Å²) in [6, 6.07) is 6.95. The molecule has 2 N–H and O–H groups in total. The van der Waals surface area contributed by atoms with E-state index < -0.39 is 0 Å². The number of halogens is 1. The van der Waals surface area contributed by atoms with Crippen molar-refractivity contribution in [1.82, 2.24) is 0 Å². The van der Waals surface area contributed by atoms with Gasteiger partial charge in [-0.1, -0.05) is 35.7 Å². The van der Waals surface area contributed by atoms with Crippen LogP contribution in [0, 0.1) is 0 Å². The van der Waals surface area contributed by atoms with Gasteiger partial charge in [0.15, 0.2) is 17.3 Å². The number of aromatic hydroxyl groups is 2. The molecule has 0 fully saturated rings. The molecule has 0 aromatic heterocycles. The fourth-order valence-corrected chi connectivity index (χ4v) is 2.61. The van der Waals surface area contributed by atoms with Crippen LogP contribution in [-0.4, -0.2) is 16.0 Å². The number of carbonyl (C=O) groups is 1. The number of hydrogen-bond acceptors (Lipinski definition) is 3. The number of hydrogen-bond donors (Lipinski definition) is 2. The molecule has 0 saturated carbocycles. The highest BCUT2D eigenvalue weighted by atomic mass is 79.9. The van der Waals surface area contributed by atoms with E-state index in [2.05, 4.69) is 22.9 Å². The van der Waals surface area contributed by atoms with E-state index in [1.54, 1.807) is 18.2 Å². The zero-order valence-corrected chi connectivity index (χ0v) is 12.9. The highest BCUT2D eigenvalue weighted by Crippen LogP contribution is 2.38. The zero-order valence-electron chi connectivity index (χ0n) is 11.3. The highest BCUT2D eigenvalue weighted by Gasteiger charge is 2.17. The van der Waals surface area contributed by atoms with Crippen LogP contribution in [0.4, 0.5) is 0 Å². The lowest BCUT2D eigenvalue weighted by atomic mass is 9.99. The summed E-state index contributed by atoms with van der Waals surface area (Å²) in [5.74, 6) is -0.678. The monoisotopic (exact) mass is 336 g/mol. The maximum atomic E-state index is 12.1. The smallest absolute Gasteiger partial charge is 0.169 e. The average molecular weight is 337 g/mol. The van der Waals surface area contributed by atoms with Crippen molar-refractivity contribution in [3.63, 3.8) is 0 Å². The summed E-state index contributed by atoms with van der Waals surface area (Å²) in [7, 11) is 0. The highest BCUT2D eigenvalue weighted by molar-refractivity contribution is 9.10. The lowest BCUT2D eigenvalue weighted by molar-refractivity contribution is 0.0976. The number of ketones is 1. The number of carbonyl (C=O) groups excluding carboxylic acids is 1. The summed E-state index contributed by atoms with van der Waals surface area (Å²) >= 11 is 3.36. The number of unbranched alkanes of at least 4 members (excludes halogenated alkanes) is 2. The van der Waals surface area contributed by atoms with Crippen molar-refractivity contribution in [2.45, 2.75) is 32.6 Å². The van der Waals surface area contributed by atoms with Gasteiger partial charge in [-0.3, -0.25) is 4.79 Å². The number of phenolic OH excluding ortho intramolecular Hbond substituents is 2. The Kier molecular flexibility index (Phi) is 4.65. The van der Waals surface area contributed by atoms with Gasteiger partial charge in [0.2, 0.25) is 0 Å². The normalized spacial score (nSPS) is 10.9. The van der Waals surface area contributed by atoms with E-state index in [-0.39, 0.29) is 22.8 Å². The molecule has 2 rings (SSSR count). The van der Waals surface area contributed by atoms with Gasteiger partial charge in [0.05, 0.1) is 5.56 Å². The topological polar surface area (TPSA) is 57.5 Å². The molecule has 2 aromatic rings. The van der Waals surface area contributed by atoms with Gasteiger partial charge >= 0.3 is 0 Å². The minimum Gasteiger partial charge on any atom is -0.504 e. The molecule has 0 radical (unpaired) electrons. The molecule has 0 bridgehead atoms. The van der Waals surface area contributed by atoms with Crippen molar-refractivity contribution in [3.8, 4) is 11.5 Å². The van der Waals surface area contributed by atoms with Crippen molar-refractivity contribution in [2.75, 3.05) is 0 Å². The lowest BCUT2D eigenvalue weighted by Crippen LogP contribution is -2.00. The molecule has 20 heavy (non-hydrogen) atoms. The molecular formula is C16H17BrO3. The first-order chi connectivity index (χ1) is 9.54. The Hall–Kier alpha value is -1.55. The number of benzene rings is 2. The third kappa shape index (κ3) is 2.96. The molecule has 0 amide bonds. The first-order valence-corrected chi connectivity index (χ1v) is 7.51. The molecule has 0 aliphatic heterocycles. The standard InChI is InChI=1S/C16H17BrO3/c1-2-3-4-5-14(18)13-9-10-8-11(17)6-7-12(10)15(19)16(13)20/h6-9,19-20H,2-5H2,1H3. The Bertz CT molecular complexity index is 650. The predicted molar refractivity (Wildman–Crippen MR) is 83.5 cm³/mol. The van der Waals surface area contributed by atoms with Crippen LogP contribution in [-0.2, 0) is 0 Å². The molecule has 0 heterocycles. The summed E-state index contributed by atoms with van der Waals surface area (Å²) in [6.07, 6.45) is 3.21. The van der Waals surface area contributed by atoms with Crippen LogP contribution in [0.25, 0.3) is 10.8 Å². The van der Waals surface area contributed by atoms with E-state index in [0.29, 0.717) is 11.8 Å². The van der Waals surface area contributed by atoms with Gasteiger partial charge in [-0.25, -0.2) is 0 Å². The molecule has 0 atom stereocenters. The third-order valence-corrected chi connectivity index (χ3v) is 3.85. The zero-order chi connectivity index (χ0) is 14.7. The first kappa shape index (κ1) is 14.9. The van der Waals surface area contributed by atoms with Crippen LogP contribution in [0.5, 0.6) is 11.5 Å². The maximum absolute atomic E-state index is 12.1. The summed E-state index contributed by atoms with van der Waals surface area (Å²) in [5, 5.41) is 21.3. The average Bonchev–Trinajstić information content (AvgIpc) is 2.42. The van der Waals surface area contributed by atoms with E-state index in [0.717, 1.165) is 29.1 Å². The van der Waals surface area contributed by atoms with Crippen molar-refractivity contribution in [3.05, 3.63) is 34.3 Å². The fourth-order valence-electron chi connectivity index (χ4n) is 2.23. The summed E-state index contributed by atoms with van der Waals surface area (Å²) < 4.78 is 0.861. The van der Waals surface area contributed by atoms with Crippen molar-refractivity contribution < 1.29 is 15.0 Å². The van der Waals surface area contributed by atoms with E-state index >= 15 is 0 Å². The summed E-state index contributed by atoms with van der Waals surface area (Å²) in [4.78, 5) is 12.1. The van der Waals surface area contributed by atoms with Crippen molar-refractivity contribution >= 4 is 32.5 Å². The predicted octanol–water partition coefficient (Wildman–Crippen LogP) is 4.78. The van der Waals surface area contributed by atoms with Crippen LogP contribution in [0.3, 0.4) is 0 Å². The van der Waals surface area contributed by atoms with Crippen LogP contribution in [0.1, 0.15) is 43.0 Å². The molecule has 3 nitrogen and oxygen atoms in total. The SMILES string of the molecule is CCCCCC(=O)c1cc2cc(Br)ccc2c(O)c1O. The van der Waals surface area contributed by atoms with Gasteiger partial charge in [-0.2, -0.15) is 0 Å². The second kappa shape index (κ2) is 6.27. The molecule has 0 aliphatic carbocycles. The molecule has 106 valence electrons. The number of Topliss-reactive ketones (excluding diaryl/α,β-unsaturated/α-hetero) is 1. The maximum Gasteiger partial charge on any atom is 0.169 e. The van der Waals surface area contributed by atoms with Gasteiger partial charge in [-0.15, -0.1) is 0 Å². The van der Waals surface area contributed by atoms with Crippen molar-refractivity contribution in [2.24, 2.45) is 0 Å². The van der Waals surface area contributed by atoms with Crippen LogP contribution >= 0.6 is 15.9 Å².